The van der Waals surface area contributed by atoms with E-state index in [4.69, 9.17) is 4.74 Å². The number of hydrogen-bond acceptors (Lipinski definition) is 5. The zero-order valence-electron chi connectivity index (χ0n) is 26.5. The topological polar surface area (TPSA) is 90.3 Å². The highest BCUT2D eigenvalue weighted by molar-refractivity contribution is 5.95. The second-order valence-corrected chi connectivity index (χ2v) is 12.5. The molecule has 0 saturated carbocycles. The Balaban J connectivity index is 1.54. The van der Waals surface area contributed by atoms with E-state index in [1.165, 1.54) is 6.07 Å². The number of anilines is 1. The Morgan fingerprint density at radius 3 is 2.44 bits per heavy atom. The largest absolute Gasteiger partial charge is 0.493 e. The van der Waals surface area contributed by atoms with Gasteiger partial charge in [0.05, 0.1) is 25.7 Å². The molecule has 0 bridgehead atoms. The van der Waals surface area contributed by atoms with Gasteiger partial charge in [0, 0.05) is 36.7 Å². The normalized spacial score (nSPS) is 19.5. The van der Waals surface area contributed by atoms with Crippen LogP contribution in [-0.2, 0) is 29.0 Å². The lowest BCUT2D eigenvalue weighted by molar-refractivity contribution is -0.143. The third kappa shape index (κ3) is 7.07. The molecule has 0 aromatic heterocycles. The van der Waals surface area contributed by atoms with Crippen LogP contribution in [0.2, 0.25) is 0 Å². The van der Waals surface area contributed by atoms with E-state index >= 15 is 0 Å². The lowest BCUT2D eigenvalue weighted by atomic mass is 9.82. The van der Waals surface area contributed by atoms with Crippen LogP contribution in [0.5, 0.6) is 5.75 Å². The number of benzene rings is 3. The molecule has 2 aliphatic heterocycles. The molecule has 2 N–H and O–H groups in total. The molecule has 2 aliphatic rings. The second-order valence-electron chi connectivity index (χ2n) is 12.5. The first kappa shape index (κ1) is 32.6. The number of halogens is 1. The summed E-state index contributed by atoms with van der Waals surface area (Å²) in [5.74, 6) is -1.61. The van der Waals surface area contributed by atoms with Gasteiger partial charge in [-0.05, 0) is 78.3 Å². The van der Waals surface area contributed by atoms with Gasteiger partial charge < -0.3 is 19.8 Å². The maximum Gasteiger partial charge on any atom is 0.308 e. The molecule has 240 valence electrons. The number of carbonyl (C=O) groups is 2. The molecule has 1 fully saturated rings. The number of likely N-dealkylation sites (tertiary alicyclic amines) is 1. The number of aryl methyl sites for hydroxylation is 1. The minimum absolute atomic E-state index is 0.0284. The predicted octanol–water partition coefficient (Wildman–Crippen LogP) is 6.27. The van der Waals surface area contributed by atoms with Gasteiger partial charge in [-0.1, -0.05) is 63.1 Å². The number of hydrogen-bond donors (Lipinski definition) is 2. The van der Waals surface area contributed by atoms with E-state index in [0.717, 1.165) is 60.1 Å². The highest BCUT2D eigenvalue weighted by atomic mass is 19.1. The minimum atomic E-state index is -0.904. The molecule has 45 heavy (non-hydrogen) atoms. The molecular formula is C37H45FN2O5. The highest BCUT2D eigenvalue weighted by Crippen LogP contribution is 2.41. The Bertz CT molecular complexity index is 1500. The number of fused-ring (bicyclic) bond motifs is 1. The van der Waals surface area contributed by atoms with E-state index < -0.39 is 17.9 Å². The number of amides is 1. The smallest absolute Gasteiger partial charge is 0.308 e. The van der Waals surface area contributed by atoms with Crippen molar-refractivity contribution in [3.05, 3.63) is 94.3 Å². The Kier molecular flexibility index (Phi) is 10.6. The molecule has 8 heteroatoms. The number of rotatable bonds is 13. The van der Waals surface area contributed by atoms with Crippen LogP contribution in [0, 0.1) is 18.7 Å². The van der Waals surface area contributed by atoms with Gasteiger partial charge in [-0.2, -0.15) is 0 Å². The van der Waals surface area contributed by atoms with Gasteiger partial charge in [-0.15, -0.1) is 0 Å². The van der Waals surface area contributed by atoms with Gasteiger partial charge >= 0.3 is 5.97 Å². The second kappa shape index (κ2) is 14.6. The van der Waals surface area contributed by atoms with Crippen molar-refractivity contribution in [2.75, 3.05) is 24.6 Å². The Labute approximate surface area is 265 Å². The number of carboxylic acids is 1. The summed E-state index contributed by atoms with van der Waals surface area (Å²) < 4.78 is 20.0. The first-order valence-electron chi connectivity index (χ1n) is 16.2. The van der Waals surface area contributed by atoms with Gasteiger partial charge in [0.1, 0.15) is 11.6 Å². The number of ether oxygens (including phenoxy) is 1. The molecule has 3 aromatic carbocycles. The van der Waals surface area contributed by atoms with Crippen molar-refractivity contribution < 1.29 is 28.9 Å². The van der Waals surface area contributed by atoms with Crippen LogP contribution in [-0.4, -0.2) is 58.8 Å². The fraction of sp³-hybridized carbons (Fsp3) is 0.459. The van der Waals surface area contributed by atoms with E-state index in [1.54, 1.807) is 19.1 Å². The molecule has 1 saturated heterocycles. The van der Waals surface area contributed by atoms with E-state index in [0.29, 0.717) is 30.8 Å². The van der Waals surface area contributed by atoms with Gasteiger partial charge in [0.2, 0.25) is 5.91 Å². The summed E-state index contributed by atoms with van der Waals surface area (Å²) in [4.78, 5) is 31.4. The summed E-state index contributed by atoms with van der Waals surface area (Å²) in [6.45, 7) is 6.79. The van der Waals surface area contributed by atoms with Crippen molar-refractivity contribution in [1.82, 2.24) is 4.90 Å². The van der Waals surface area contributed by atoms with Crippen LogP contribution < -0.4 is 9.64 Å². The van der Waals surface area contributed by atoms with Gasteiger partial charge in [0.15, 0.2) is 0 Å². The number of carbonyl (C=O) groups excluding carboxylic acids is 1. The molecule has 7 nitrogen and oxygen atoms in total. The zero-order valence-corrected chi connectivity index (χ0v) is 26.5. The monoisotopic (exact) mass is 616 g/mol. The fourth-order valence-corrected chi connectivity index (χ4v) is 7.31. The summed E-state index contributed by atoms with van der Waals surface area (Å²) in [7, 11) is 0. The number of aliphatic hydroxyl groups is 1. The third-order valence-corrected chi connectivity index (χ3v) is 9.53. The zero-order chi connectivity index (χ0) is 32.1. The average Bonchev–Trinajstić information content (AvgIpc) is 3.64. The number of nitrogens with zero attached hydrogens (tertiary/aromatic N) is 2. The molecule has 5 rings (SSSR count). The van der Waals surface area contributed by atoms with Crippen LogP contribution >= 0.6 is 0 Å². The van der Waals surface area contributed by atoms with Crippen molar-refractivity contribution in [2.24, 2.45) is 5.92 Å². The molecule has 1 amide bonds. The maximum absolute atomic E-state index is 14.5. The van der Waals surface area contributed by atoms with Crippen molar-refractivity contribution in [2.45, 2.75) is 83.9 Å². The minimum Gasteiger partial charge on any atom is -0.493 e. The lowest BCUT2D eigenvalue weighted by Gasteiger charge is -2.35. The summed E-state index contributed by atoms with van der Waals surface area (Å²) >= 11 is 0. The van der Waals surface area contributed by atoms with Crippen molar-refractivity contribution in [1.29, 1.82) is 0 Å². The predicted molar refractivity (Wildman–Crippen MR) is 173 cm³/mol. The Hall–Kier alpha value is -3.75. The summed E-state index contributed by atoms with van der Waals surface area (Å²) in [6.07, 6.45) is 4.57. The molecule has 0 spiro atoms. The number of aliphatic carboxylic acids is 1. The van der Waals surface area contributed by atoms with Crippen LogP contribution in [0.1, 0.15) is 73.3 Å². The summed E-state index contributed by atoms with van der Waals surface area (Å²) in [5, 5.41) is 20.8. The SMILES string of the molecule is CCCC(CCC)N(C(=O)CN1C[C@H](c2ccc3c(c2)CCO3)[C@@H](C(=O)O)[C@@H]1Cc1ccccc1CO)c1ccc(F)c(C)c1. The van der Waals surface area contributed by atoms with E-state index in [9.17, 15) is 24.2 Å². The van der Waals surface area contributed by atoms with Crippen LogP contribution in [0.15, 0.2) is 60.7 Å². The van der Waals surface area contributed by atoms with Crippen LogP contribution in [0.4, 0.5) is 10.1 Å². The Morgan fingerprint density at radius 2 is 1.78 bits per heavy atom. The van der Waals surface area contributed by atoms with Crippen LogP contribution in [0.25, 0.3) is 0 Å². The molecule has 0 aliphatic carbocycles. The van der Waals surface area contributed by atoms with E-state index in [1.807, 2.05) is 46.2 Å². The molecule has 3 atom stereocenters. The molecule has 3 aromatic rings. The van der Waals surface area contributed by atoms with Crippen molar-refractivity contribution >= 4 is 17.6 Å². The van der Waals surface area contributed by atoms with Gasteiger partial charge in [-0.3, -0.25) is 14.5 Å². The standard InChI is InChI=1S/C37H45FN2O5/c1-4-8-29(9-5-2)40(30-13-14-32(38)24(3)18-30)35(42)22-39-21-31(26-12-15-34-27(19-26)16-17-45-34)36(37(43)44)33(39)20-25-10-6-7-11-28(25)23-41/h6-7,10-15,18-19,29,31,33,36,41H,4-5,8-9,16-17,20-23H2,1-3H3,(H,43,44)/t31-,33+,36-/m1/s1. The maximum atomic E-state index is 14.5. The highest BCUT2D eigenvalue weighted by Gasteiger charge is 2.48. The summed E-state index contributed by atoms with van der Waals surface area (Å²) in [6, 6.07) is 17.8. The molecular weight excluding hydrogens is 571 g/mol. The van der Waals surface area contributed by atoms with Gasteiger partial charge in [-0.25, -0.2) is 4.39 Å². The van der Waals surface area contributed by atoms with Gasteiger partial charge in [0.25, 0.3) is 0 Å². The van der Waals surface area contributed by atoms with E-state index in [2.05, 4.69) is 19.9 Å². The Morgan fingerprint density at radius 1 is 1.04 bits per heavy atom. The lowest BCUT2D eigenvalue weighted by Crippen LogP contribution is -2.48. The first-order valence-corrected chi connectivity index (χ1v) is 16.2. The van der Waals surface area contributed by atoms with Crippen molar-refractivity contribution in [3.8, 4) is 5.75 Å². The van der Waals surface area contributed by atoms with Crippen LogP contribution in [0.3, 0.4) is 0 Å². The molecule has 0 radical (unpaired) electrons. The quantitative estimate of drug-likeness (QED) is 0.235. The first-order chi connectivity index (χ1) is 21.7. The van der Waals surface area contributed by atoms with E-state index in [-0.39, 0.29) is 36.8 Å². The molecule has 0 unspecified atom stereocenters. The van der Waals surface area contributed by atoms with Crippen molar-refractivity contribution in [3.63, 3.8) is 0 Å². The summed E-state index contributed by atoms with van der Waals surface area (Å²) in [5.41, 5.74) is 4.77. The number of aliphatic hydroxyl groups excluding tert-OH is 1. The molecule has 2 heterocycles. The fourth-order valence-electron chi connectivity index (χ4n) is 7.31. The average molecular weight is 617 g/mol. The third-order valence-electron chi connectivity index (χ3n) is 9.53. The number of carboxylic acid groups (broad SMARTS) is 1.